The fourth-order valence-electron chi connectivity index (χ4n) is 4.25. The van der Waals surface area contributed by atoms with Crippen molar-refractivity contribution < 1.29 is 19.4 Å². The van der Waals surface area contributed by atoms with Crippen molar-refractivity contribution in [3.8, 4) is 5.75 Å². The van der Waals surface area contributed by atoms with E-state index in [4.69, 9.17) is 16.3 Å². The summed E-state index contributed by atoms with van der Waals surface area (Å²) in [7, 11) is 0. The van der Waals surface area contributed by atoms with Gasteiger partial charge < -0.3 is 9.84 Å². The van der Waals surface area contributed by atoms with Crippen LogP contribution in [-0.2, 0) is 16.0 Å². The Hall–Kier alpha value is -3.64. The van der Waals surface area contributed by atoms with Crippen molar-refractivity contribution in [2.24, 2.45) is 0 Å². The summed E-state index contributed by atoms with van der Waals surface area (Å²) in [6.45, 7) is 1.97. The van der Waals surface area contributed by atoms with E-state index in [1.54, 1.807) is 66.9 Å². The van der Waals surface area contributed by atoms with E-state index in [-0.39, 0.29) is 17.4 Å². The number of rotatable bonds is 3. The molecule has 0 bridgehead atoms. The van der Waals surface area contributed by atoms with E-state index in [0.717, 1.165) is 11.3 Å². The minimum absolute atomic E-state index is 0.00916. The van der Waals surface area contributed by atoms with Crippen LogP contribution in [0.1, 0.15) is 29.7 Å². The van der Waals surface area contributed by atoms with Crippen molar-refractivity contribution in [3.05, 3.63) is 94.1 Å². The lowest BCUT2D eigenvalue weighted by molar-refractivity contribution is -0.132. The van der Waals surface area contributed by atoms with E-state index >= 15 is 0 Å². The van der Waals surface area contributed by atoms with Gasteiger partial charge in [-0.15, -0.1) is 0 Å². The van der Waals surface area contributed by atoms with Crippen molar-refractivity contribution in [3.63, 3.8) is 0 Å². The second kappa shape index (κ2) is 7.80. The smallest absolute Gasteiger partial charge is 0.301 e. The van der Waals surface area contributed by atoms with Crippen LogP contribution in [0, 0.1) is 0 Å². The predicted molar refractivity (Wildman–Crippen MR) is 121 cm³/mol. The number of fused-ring (bicyclic) bond motifs is 1. The van der Waals surface area contributed by atoms with E-state index in [1.807, 2.05) is 6.92 Å². The minimum atomic E-state index is -0.842. The van der Waals surface area contributed by atoms with E-state index in [0.29, 0.717) is 28.4 Å². The highest BCUT2D eigenvalue weighted by molar-refractivity contribution is 6.51. The lowest BCUT2D eigenvalue weighted by Gasteiger charge is -2.24. The van der Waals surface area contributed by atoms with Crippen molar-refractivity contribution in [1.82, 2.24) is 4.98 Å². The summed E-state index contributed by atoms with van der Waals surface area (Å²) in [5, 5.41) is 11.8. The van der Waals surface area contributed by atoms with Gasteiger partial charge in [-0.1, -0.05) is 29.8 Å². The number of benzene rings is 2. The maximum absolute atomic E-state index is 13.2. The molecular weight excluding hydrogens is 428 g/mol. The molecule has 1 N–H and O–H groups in total. The molecule has 3 heterocycles. The molecule has 0 aliphatic carbocycles. The van der Waals surface area contributed by atoms with Crippen LogP contribution in [0.5, 0.6) is 5.75 Å². The van der Waals surface area contributed by atoms with Crippen LogP contribution in [0.3, 0.4) is 0 Å². The highest BCUT2D eigenvalue weighted by Gasteiger charge is 2.47. The van der Waals surface area contributed by atoms with Gasteiger partial charge in [0.15, 0.2) is 0 Å². The Balaban J connectivity index is 1.69. The highest BCUT2D eigenvalue weighted by Crippen LogP contribution is 2.42. The Kier molecular flexibility index (Phi) is 4.94. The summed E-state index contributed by atoms with van der Waals surface area (Å²) in [5.74, 6) is -0.660. The Labute approximate surface area is 189 Å². The van der Waals surface area contributed by atoms with Crippen molar-refractivity contribution >= 4 is 34.9 Å². The molecule has 0 radical (unpaired) electrons. The summed E-state index contributed by atoms with van der Waals surface area (Å²) < 4.78 is 5.73. The molecule has 2 aromatic carbocycles. The third-order valence-corrected chi connectivity index (χ3v) is 5.95. The normalized spacial score (nSPS) is 21.5. The Bertz CT molecular complexity index is 1250. The first kappa shape index (κ1) is 20.3. The van der Waals surface area contributed by atoms with Gasteiger partial charge in [0.05, 0.1) is 11.6 Å². The number of Topliss-reactive ketones (excluding diaryl/α,β-unsaturated/α-hetero) is 1. The lowest BCUT2D eigenvalue weighted by Crippen LogP contribution is -2.30. The number of halogens is 1. The number of aliphatic hydroxyl groups is 1. The number of aliphatic hydroxyl groups excluding tert-OH is 1. The molecule has 3 aromatic rings. The van der Waals surface area contributed by atoms with Gasteiger partial charge >= 0.3 is 5.91 Å². The number of ether oxygens (including phenoxy) is 1. The number of anilines is 1. The van der Waals surface area contributed by atoms with Crippen molar-refractivity contribution in [2.75, 3.05) is 4.90 Å². The maximum Gasteiger partial charge on any atom is 0.301 e. The lowest BCUT2D eigenvalue weighted by atomic mass is 9.94. The maximum atomic E-state index is 13.2. The minimum Gasteiger partial charge on any atom is -0.507 e. The standard InChI is InChI=1S/C25H19ClN2O4/c1-14-12-17-13-16(7-10-19(17)32-14)23(29)21-22(15-5-8-18(26)9-6-15)28(25(31)24(21)30)20-4-2-3-11-27-20/h2-11,13-14,22,29H,12H2,1H3/b23-21+. The van der Waals surface area contributed by atoms with E-state index in [2.05, 4.69) is 4.98 Å². The van der Waals surface area contributed by atoms with Crippen LogP contribution in [0.2, 0.25) is 5.02 Å². The van der Waals surface area contributed by atoms with Crippen LogP contribution >= 0.6 is 11.6 Å². The molecule has 160 valence electrons. The fourth-order valence-corrected chi connectivity index (χ4v) is 4.38. The molecule has 1 aromatic heterocycles. The number of hydrogen-bond donors (Lipinski definition) is 1. The summed E-state index contributed by atoms with van der Waals surface area (Å²) in [6, 6.07) is 16.4. The van der Waals surface area contributed by atoms with E-state index < -0.39 is 17.7 Å². The third-order valence-electron chi connectivity index (χ3n) is 5.70. The first-order valence-corrected chi connectivity index (χ1v) is 10.6. The average molecular weight is 447 g/mol. The zero-order valence-electron chi connectivity index (χ0n) is 17.2. The highest BCUT2D eigenvalue weighted by atomic mass is 35.5. The molecule has 1 fully saturated rings. The molecule has 32 heavy (non-hydrogen) atoms. The summed E-state index contributed by atoms with van der Waals surface area (Å²) in [4.78, 5) is 31.8. The molecule has 2 aliphatic rings. The van der Waals surface area contributed by atoms with Gasteiger partial charge in [0.25, 0.3) is 5.78 Å². The average Bonchev–Trinajstić information content (AvgIpc) is 3.30. The molecule has 1 saturated heterocycles. The number of hydrogen-bond acceptors (Lipinski definition) is 5. The molecule has 6 nitrogen and oxygen atoms in total. The van der Waals surface area contributed by atoms with Gasteiger partial charge in [-0.05, 0) is 60.5 Å². The van der Waals surface area contributed by atoms with Crippen LogP contribution in [0.4, 0.5) is 5.82 Å². The van der Waals surface area contributed by atoms with Gasteiger partial charge in [-0.3, -0.25) is 14.5 Å². The number of amides is 1. The van der Waals surface area contributed by atoms with Gasteiger partial charge in [0.2, 0.25) is 0 Å². The van der Waals surface area contributed by atoms with Crippen LogP contribution in [0.25, 0.3) is 5.76 Å². The van der Waals surface area contributed by atoms with E-state index in [1.165, 1.54) is 4.90 Å². The molecule has 0 spiro atoms. The second-order valence-electron chi connectivity index (χ2n) is 7.86. The first-order chi connectivity index (χ1) is 15.4. The Morgan fingerprint density at radius 1 is 1.12 bits per heavy atom. The number of carbonyl (C=O) groups excluding carboxylic acids is 2. The summed E-state index contributed by atoms with van der Waals surface area (Å²) in [5.41, 5.74) is 2.05. The third kappa shape index (κ3) is 3.33. The summed E-state index contributed by atoms with van der Waals surface area (Å²) in [6.07, 6.45) is 2.31. The van der Waals surface area contributed by atoms with Gasteiger partial charge in [-0.25, -0.2) is 4.98 Å². The Morgan fingerprint density at radius 3 is 2.62 bits per heavy atom. The Morgan fingerprint density at radius 2 is 1.91 bits per heavy atom. The van der Waals surface area contributed by atoms with Gasteiger partial charge in [0, 0.05) is 23.2 Å². The van der Waals surface area contributed by atoms with E-state index in [9.17, 15) is 14.7 Å². The molecule has 2 atom stereocenters. The first-order valence-electron chi connectivity index (χ1n) is 10.2. The molecule has 2 unspecified atom stereocenters. The predicted octanol–water partition coefficient (Wildman–Crippen LogP) is 4.68. The van der Waals surface area contributed by atoms with Gasteiger partial charge in [-0.2, -0.15) is 0 Å². The molecule has 2 aliphatic heterocycles. The van der Waals surface area contributed by atoms with Gasteiger partial charge in [0.1, 0.15) is 23.4 Å². The largest absolute Gasteiger partial charge is 0.507 e. The molecule has 5 rings (SSSR count). The quantitative estimate of drug-likeness (QED) is 0.359. The molecule has 7 heteroatoms. The van der Waals surface area contributed by atoms with Crippen molar-refractivity contribution in [1.29, 1.82) is 0 Å². The van der Waals surface area contributed by atoms with Crippen LogP contribution in [0.15, 0.2) is 72.4 Å². The zero-order chi connectivity index (χ0) is 22.4. The molecule has 1 amide bonds. The number of pyridine rings is 1. The monoisotopic (exact) mass is 446 g/mol. The second-order valence-corrected chi connectivity index (χ2v) is 8.30. The van der Waals surface area contributed by atoms with Crippen LogP contribution < -0.4 is 9.64 Å². The topological polar surface area (TPSA) is 79.7 Å². The molecular formula is C25H19ClN2O4. The van der Waals surface area contributed by atoms with Crippen molar-refractivity contribution in [2.45, 2.75) is 25.5 Å². The molecule has 0 saturated carbocycles. The SMILES string of the molecule is CC1Cc2cc(/C(O)=C3\C(=O)C(=O)N(c4ccccn4)C3c3ccc(Cl)cc3)ccc2O1. The number of carbonyl (C=O) groups is 2. The summed E-state index contributed by atoms with van der Waals surface area (Å²) >= 11 is 6.06. The number of nitrogens with zero attached hydrogens (tertiary/aromatic N) is 2. The van der Waals surface area contributed by atoms with Crippen LogP contribution in [-0.4, -0.2) is 27.9 Å². The number of ketones is 1. The fraction of sp³-hybridized carbons (Fsp3) is 0.160. The zero-order valence-corrected chi connectivity index (χ0v) is 17.9. The number of aromatic nitrogens is 1.